The molecule has 0 aromatic heterocycles. The number of nitrogens with one attached hydrogen (secondary N) is 1. The van der Waals surface area contributed by atoms with Gasteiger partial charge in [0.05, 0.1) is 5.69 Å². The summed E-state index contributed by atoms with van der Waals surface area (Å²) in [5.74, 6) is 0. The van der Waals surface area contributed by atoms with Crippen LogP contribution in [0.2, 0.25) is 0 Å². The number of aryl methyl sites for hydroxylation is 2. The van der Waals surface area contributed by atoms with Crippen molar-refractivity contribution >= 4 is 44.5 Å². The molecule has 0 amide bonds. The maximum atomic E-state index is 5.61. The van der Waals surface area contributed by atoms with E-state index in [4.69, 9.17) is 18.0 Å². The maximum Gasteiger partial charge on any atom is 0.104 e. The number of hydrogen-bond acceptors (Lipinski definition) is 2. The number of anilines is 2. The van der Waals surface area contributed by atoms with Crippen molar-refractivity contribution in [3.8, 4) is 0 Å². The first-order valence-corrected chi connectivity index (χ1v) is 7.11. The molecule has 98 valence electrons. The Balaban J connectivity index is 2.28. The van der Waals surface area contributed by atoms with Gasteiger partial charge in [0.1, 0.15) is 4.99 Å². The number of halogens is 1. The van der Waals surface area contributed by atoms with Gasteiger partial charge < -0.3 is 11.1 Å². The van der Waals surface area contributed by atoms with Crippen molar-refractivity contribution in [2.75, 3.05) is 5.32 Å². The highest BCUT2D eigenvalue weighted by molar-refractivity contribution is 9.10. The Bertz CT molecular complexity index is 638. The van der Waals surface area contributed by atoms with Gasteiger partial charge in [-0.25, -0.2) is 0 Å². The summed E-state index contributed by atoms with van der Waals surface area (Å²) in [6, 6.07) is 12.1. The van der Waals surface area contributed by atoms with Crippen LogP contribution in [0.3, 0.4) is 0 Å². The van der Waals surface area contributed by atoms with E-state index in [0.717, 1.165) is 21.4 Å². The molecule has 0 unspecified atom stereocenters. The minimum Gasteiger partial charge on any atom is -0.389 e. The van der Waals surface area contributed by atoms with E-state index in [1.165, 1.54) is 11.1 Å². The van der Waals surface area contributed by atoms with Gasteiger partial charge in [-0.3, -0.25) is 0 Å². The molecule has 0 aliphatic rings. The zero-order valence-corrected chi connectivity index (χ0v) is 13.2. The molecule has 0 saturated heterocycles. The van der Waals surface area contributed by atoms with E-state index in [1.807, 2.05) is 18.2 Å². The monoisotopic (exact) mass is 334 g/mol. The molecule has 0 atom stereocenters. The molecule has 0 aliphatic heterocycles. The van der Waals surface area contributed by atoms with Crippen LogP contribution in [0.4, 0.5) is 11.4 Å². The molecule has 4 heteroatoms. The molecule has 0 heterocycles. The Morgan fingerprint density at radius 3 is 2.42 bits per heavy atom. The quantitative estimate of drug-likeness (QED) is 0.814. The number of nitrogens with two attached hydrogens (primary N) is 1. The molecule has 3 N–H and O–H groups in total. The van der Waals surface area contributed by atoms with Crippen LogP contribution in [0.1, 0.15) is 16.7 Å². The number of rotatable bonds is 3. The summed E-state index contributed by atoms with van der Waals surface area (Å²) in [5, 5.41) is 3.38. The SMILES string of the molecule is Cc1ccc(Nc2ccc(C(N)=S)cc2Br)cc1C. The van der Waals surface area contributed by atoms with Crippen LogP contribution in [-0.2, 0) is 0 Å². The summed E-state index contributed by atoms with van der Waals surface area (Å²) in [4.78, 5) is 0.401. The third kappa shape index (κ3) is 3.33. The van der Waals surface area contributed by atoms with Gasteiger partial charge >= 0.3 is 0 Å². The van der Waals surface area contributed by atoms with Crippen LogP contribution in [0, 0.1) is 13.8 Å². The molecule has 19 heavy (non-hydrogen) atoms. The fourth-order valence-electron chi connectivity index (χ4n) is 1.74. The Kier molecular flexibility index (Phi) is 4.22. The average molecular weight is 335 g/mol. The van der Waals surface area contributed by atoms with E-state index in [0.29, 0.717) is 4.99 Å². The lowest BCUT2D eigenvalue weighted by Gasteiger charge is -2.11. The van der Waals surface area contributed by atoms with Gasteiger partial charge in [0.2, 0.25) is 0 Å². The van der Waals surface area contributed by atoms with E-state index < -0.39 is 0 Å². The first-order valence-electron chi connectivity index (χ1n) is 5.91. The minimum absolute atomic E-state index is 0.401. The Hall–Kier alpha value is -1.39. The topological polar surface area (TPSA) is 38.0 Å². The van der Waals surface area contributed by atoms with Gasteiger partial charge in [0.15, 0.2) is 0 Å². The van der Waals surface area contributed by atoms with Crippen LogP contribution < -0.4 is 11.1 Å². The molecule has 0 bridgehead atoms. The van der Waals surface area contributed by atoms with Gasteiger partial charge in [-0.05, 0) is 71.2 Å². The third-order valence-corrected chi connectivity index (χ3v) is 3.93. The van der Waals surface area contributed by atoms with Crippen LogP contribution >= 0.6 is 28.1 Å². The van der Waals surface area contributed by atoms with Gasteiger partial charge in [-0.1, -0.05) is 18.3 Å². The van der Waals surface area contributed by atoms with Crippen molar-refractivity contribution in [2.24, 2.45) is 5.73 Å². The maximum absolute atomic E-state index is 5.61. The molecule has 0 fully saturated rings. The highest BCUT2D eigenvalue weighted by Gasteiger charge is 2.04. The van der Waals surface area contributed by atoms with Crippen molar-refractivity contribution in [3.63, 3.8) is 0 Å². The number of benzene rings is 2. The van der Waals surface area contributed by atoms with Crippen molar-refractivity contribution in [1.82, 2.24) is 0 Å². The van der Waals surface area contributed by atoms with E-state index in [9.17, 15) is 0 Å². The zero-order valence-electron chi connectivity index (χ0n) is 10.8. The summed E-state index contributed by atoms with van der Waals surface area (Å²) < 4.78 is 0.941. The molecular formula is C15H15BrN2S. The van der Waals surface area contributed by atoms with Crippen LogP contribution in [0.25, 0.3) is 0 Å². The molecule has 2 aromatic carbocycles. The van der Waals surface area contributed by atoms with Crippen molar-refractivity contribution in [2.45, 2.75) is 13.8 Å². The summed E-state index contributed by atoms with van der Waals surface area (Å²) in [5.41, 5.74) is 11.1. The second-order valence-corrected chi connectivity index (χ2v) is 5.78. The van der Waals surface area contributed by atoms with Crippen molar-refractivity contribution < 1.29 is 0 Å². The first kappa shape index (κ1) is 14.0. The highest BCUT2D eigenvalue weighted by Crippen LogP contribution is 2.27. The second-order valence-electron chi connectivity index (χ2n) is 4.48. The van der Waals surface area contributed by atoms with Gasteiger partial charge in [-0.2, -0.15) is 0 Å². The van der Waals surface area contributed by atoms with E-state index in [1.54, 1.807) is 0 Å². The molecule has 0 radical (unpaired) electrons. The molecule has 2 rings (SSSR count). The van der Waals surface area contributed by atoms with Gasteiger partial charge in [-0.15, -0.1) is 0 Å². The van der Waals surface area contributed by atoms with Crippen LogP contribution in [0.5, 0.6) is 0 Å². The standard InChI is InChI=1S/C15H15BrN2S/c1-9-3-5-12(7-10(9)2)18-14-6-4-11(15(17)19)8-13(14)16/h3-8,18H,1-2H3,(H2,17,19). The van der Waals surface area contributed by atoms with Gasteiger partial charge in [0, 0.05) is 15.7 Å². The lowest BCUT2D eigenvalue weighted by molar-refractivity contribution is 1.33. The summed E-state index contributed by atoms with van der Waals surface area (Å²) in [6.07, 6.45) is 0. The zero-order chi connectivity index (χ0) is 14.0. The van der Waals surface area contributed by atoms with Crippen molar-refractivity contribution in [3.05, 3.63) is 57.6 Å². The Labute approximate surface area is 127 Å². The number of hydrogen-bond donors (Lipinski definition) is 2. The molecule has 0 saturated carbocycles. The average Bonchev–Trinajstić information content (AvgIpc) is 2.36. The summed E-state index contributed by atoms with van der Waals surface area (Å²) >= 11 is 8.49. The molecule has 2 aromatic rings. The Morgan fingerprint density at radius 2 is 1.84 bits per heavy atom. The van der Waals surface area contributed by atoms with E-state index in [-0.39, 0.29) is 0 Å². The fraction of sp³-hybridized carbons (Fsp3) is 0.133. The van der Waals surface area contributed by atoms with E-state index >= 15 is 0 Å². The van der Waals surface area contributed by atoms with Crippen molar-refractivity contribution in [1.29, 1.82) is 0 Å². The van der Waals surface area contributed by atoms with Crippen LogP contribution in [-0.4, -0.2) is 4.99 Å². The van der Waals surface area contributed by atoms with Crippen LogP contribution in [0.15, 0.2) is 40.9 Å². The molecular weight excluding hydrogens is 320 g/mol. The van der Waals surface area contributed by atoms with E-state index in [2.05, 4.69) is 53.3 Å². The Morgan fingerprint density at radius 1 is 1.11 bits per heavy atom. The minimum atomic E-state index is 0.401. The number of thiocarbonyl (C=S) groups is 1. The predicted octanol–water partition coefficient (Wildman–Crippen LogP) is 4.44. The largest absolute Gasteiger partial charge is 0.389 e. The molecule has 0 spiro atoms. The first-order chi connectivity index (χ1) is 8.97. The predicted molar refractivity (Wildman–Crippen MR) is 89.2 cm³/mol. The molecule has 0 aliphatic carbocycles. The highest BCUT2D eigenvalue weighted by atomic mass is 79.9. The molecule has 2 nitrogen and oxygen atoms in total. The lowest BCUT2D eigenvalue weighted by Crippen LogP contribution is -2.09. The van der Waals surface area contributed by atoms with Gasteiger partial charge in [0.25, 0.3) is 0 Å². The summed E-state index contributed by atoms with van der Waals surface area (Å²) in [7, 11) is 0. The smallest absolute Gasteiger partial charge is 0.104 e. The fourth-order valence-corrected chi connectivity index (χ4v) is 2.35. The second kappa shape index (κ2) is 5.72. The summed E-state index contributed by atoms with van der Waals surface area (Å²) in [6.45, 7) is 4.21. The lowest BCUT2D eigenvalue weighted by atomic mass is 10.1. The normalized spacial score (nSPS) is 10.3. The third-order valence-electron chi connectivity index (χ3n) is 3.04.